The molecule has 1 aliphatic rings. The van der Waals surface area contributed by atoms with Gasteiger partial charge in [0.05, 0.1) is 29.9 Å². The third-order valence-corrected chi connectivity index (χ3v) is 4.99. The van der Waals surface area contributed by atoms with Crippen LogP contribution in [0.15, 0.2) is 23.0 Å². The van der Waals surface area contributed by atoms with Crippen LogP contribution < -0.4 is 0 Å². The van der Waals surface area contributed by atoms with Crippen molar-refractivity contribution >= 4 is 11.0 Å². The molecule has 6 heteroatoms. The van der Waals surface area contributed by atoms with Crippen LogP contribution in [0.1, 0.15) is 41.6 Å². The Morgan fingerprint density at radius 3 is 2.83 bits per heavy atom. The van der Waals surface area contributed by atoms with E-state index in [9.17, 15) is 0 Å². The van der Waals surface area contributed by atoms with Gasteiger partial charge in [-0.1, -0.05) is 5.16 Å². The first-order chi connectivity index (χ1) is 11.6. The van der Waals surface area contributed by atoms with Crippen LogP contribution in [0.3, 0.4) is 0 Å². The van der Waals surface area contributed by atoms with E-state index in [0.717, 1.165) is 44.0 Å². The smallest absolute Gasteiger partial charge is 0.231 e. The lowest BCUT2D eigenvalue weighted by Crippen LogP contribution is -2.35. The molecule has 1 aromatic carbocycles. The monoisotopic (exact) mass is 325 g/mol. The van der Waals surface area contributed by atoms with Crippen molar-refractivity contribution < 1.29 is 4.52 Å². The van der Waals surface area contributed by atoms with Gasteiger partial charge in [-0.3, -0.25) is 4.90 Å². The second-order valence-electron chi connectivity index (χ2n) is 6.88. The Bertz CT molecular complexity index is 866. The first-order valence-electron chi connectivity index (χ1n) is 8.55. The maximum atomic E-state index is 5.38. The predicted octanol–water partition coefficient (Wildman–Crippen LogP) is 3.18. The molecule has 1 atom stereocenters. The van der Waals surface area contributed by atoms with Crippen LogP contribution in [-0.2, 0) is 6.67 Å². The lowest BCUT2D eigenvalue weighted by atomic mass is 9.98. The molecular weight excluding hydrogens is 302 g/mol. The number of piperidine rings is 1. The normalized spacial score (nSPS) is 19.2. The lowest BCUT2D eigenvalue weighted by Gasteiger charge is -2.31. The highest BCUT2D eigenvalue weighted by Crippen LogP contribution is 2.26. The minimum Gasteiger partial charge on any atom is -0.339 e. The Balaban J connectivity index is 1.53. The maximum Gasteiger partial charge on any atom is 0.231 e. The molecule has 0 amide bonds. The van der Waals surface area contributed by atoms with Crippen LogP contribution in [0.25, 0.3) is 11.0 Å². The Kier molecular flexibility index (Phi) is 3.84. The number of imidazole rings is 1. The van der Waals surface area contributed by atoms with Crippen LogP contribution in [0.4, 0.5) is 0 Å². The number of hydrogen-bond acceptors (Lipinski definition) is 5. The summed E-state index contributed by atoms with van der Waals surface area (Å²) in [5.41, 5.74) is 4.87. The summed E-state index contributed by atoms with van der Waals surface area (Å²) < 4.78 is 7.62. The standard InChI is InChI=1S/C18H23N5O/c1-12-7-16-17(8-13(12)2)23(10-19-16)11-22-6-4-5-15(9-22)18-20-14(3)21-24-18/h7-8,10,15H,4-6,9,11H2,1-3H3/t15-/m1/s1. The van der Waals surface area contributed by atoms with Crippen molar-refractivity contribution in [1.82, 2.24) is 24.6 Å². The molecule has 1 saturated heterocycles. The molecule has 0 bridgehead atoms. The third kappa shape index (κ3) is 2.82. The van der Waals surface area contributed by atoms with E-state index < -0.39 is 0 Å². The molecule has 0 radical (unpaired) electrons. The van der Waals surface area contributed by atoms with Crippen LogP contribution in [0.5, 0.6) is 0 Å². The summed E-state index contributed by atoms with van der Waals surface area (Å²) in [6.07, 6.45) is 4.21. The van der Waals surface area contributed by atoms with Gasteiger partial charge in [0.25, 0.3) is 0 Å². The molecule has 0 unspecified atom stereocenters. The van der Waals surface area contributed by atoms with Gasteiger partial charge in [0, 0.05) is 6.54 Å². The number of benzene rings is 1. The molecule has 0 saturated carbocycles. The first kappa shape index (κ1) is 15.3. The van der Waals surface area contributed by atoms with Crippen molar-refractivity contribution in [2.75, 3.05) is 13.1 Å². The average Bonchev–Trinajstić information content (AvgIpc) is 3.16. The van der Waals surface area contributed by atoms with E-state index in [0.29, 0.717) is 11.7 Å². The predicted molar refractivity (Wildman–Crippen MR) is 91.8 cm³/mol. The first-order valence-corrected chi connectivity index (χ1v) is 8.55. The van der Waals surface area contributed by atoms with Gasteiger partial charge in [-0.25, -0.2) is 4.98 Å². The number of likely N-dealkylation sites (tertiary alicyclic amines) is 1. The highest BCUT2D eigenvalue weighted by atomic mass is 16.5. The van der Waals surface area contributed by atoms with Crippen molar-refractivity contribution in [2.24, 2.45) is 0 Å². The number of aryl methyl sites for hydroxylation is 3. The quantitative estimate of drug-likeness (QED) is 0.740. The van der Waals surface area contributed by atoms with Crippen molar-refractivity contribution in [3.05, 3.63) is 41.3 Å². The molecule has 0 aliphatic carbocycles. The summed E-state index contributed by atoms with van der Waals surface area (Å²) in [6.45, 7) is 9.05. The van der Waals surface area contributed by atoms with E-state index in [4.69, 9.17) is 4.52 Å². The molecule has 3 heterocycles. The zero-order chi connectivity index (χ0) is 16.7. The van der Waals surface area contributed by atoms with Gasteiger partial charge in [0.15, 0.2) is 5.82 Å². The Hall–Kier alpha value is -2.21. The van der Waals surface area contributed by atoms with Gasteiger partial charge in [-0.15, -0.1) is 0 Å². The number of nitrogens with zero attached hydrogens (tertiary/aromatic N) is 5. The van der Waals surface area contributed by atoms with Crippen LogP contribution in [0.2, 0.25) is 0 Å². The Morgan fingerprint density at radius 1 is 1.21 bits per heavy atom. The largest absolute Gasteiger partial charge is 0.339 e. The fourth-order valence-electron chi connectivity index (χ4n) is 3.51. The van der Waals surface area contributed by atoms with E-state index in [-0.39, 0.29) is 0 Å². The number of fused-ring (bicyclic) bond motifs is 1. The van der Waals surface area contributed by atoms with Crippen molar-refractivity contribution in [2.45, 2.75) is 46.2 Å². The average molecular weight is 325 g/mol. The van der Waals surface area contributed by atoms with Crippen LogP contribution >= 0.6 is 0 Å². The van der Waals surface area contributed by atoms with E-state index >= 15 is 0 Å². The number of rotatable bonds is 3. The molecule has 0 N–H and O–H groups in total. The molecule has 2 aromatic heterocycles. The van der Waals surface area contributed by atoms with Crippen molar-refractivity contribution in [3.8, 4) is 0 Å². The lowest BCUT2D eigenvalue weighted by molar-refractivity contribution is 0.153. The molecule has 1 fully saturated rings. The fraction of sp³-hybridized carbons (Fsp3) is 0.500. The van der Waals surface area contributed by atoms with Gasteiger partial charge >= 0.3 is 0 Å². The van der Waals surface area contributed by atoms with Gasteiger partial charge in [-0.05, 0) is 63.4 Å². The van der Waals surface area contributed by atoms with Gasteiger partial charge in [-0.2, -0.15) is 4.98 Å². The minimum atomic E-state index is 0.332. The minimum absolute atomic E-state index is 0.332. The second kappa shape index (κ2) is 6.02. The topological polar surface area (TPSA) is 60.0 Å². The SMILES string of the molecule is Cc1noc([C@@H]2CCCN(Cn3cnc4cc(C)c(C)cc43)C2)n1. The summed E-state index contributed by atoms with van der Waals surface area (Å²) in [7, 11) is 0. The molecule has 6 nitrogen and oxygen atoms in total. The van der Waals surface area contributed by atoms with Crippen molar-refractivity contribution in [3.63, 3.8) is 0 Å². The Labute approximate surface area is 141 Å². The van der Waals surface area contributed by atoms with Crippen LogP contribution in [-0.4, -0.2) is 37.7 Å². The molecule has 0 spiro atoms. The van der Waals surface area contributed by atoms with Gasteiger partial charge in [0.2, 0.25) is 5.89 Å². The molecular formula is C18H23N5O. The molecule has 24 heavy (non-hydrogen) atoms. The maximum absolute atomic E-state index is 5.38. The van der Waals surface area contributed by atoms with Gasteiger partial charge in [0.1, 0.15) is 0 Å². The fourth-order valence-corrected chi connectivity index (χ4v) is 3.51. The third-order valence-electron chi connectivity index (χ3n) is 4.99. The summed E-state index contributed by atoms with van der Waals surface area (Å²) in [4.78, 5) is 11.4. The van der Waals surface area contributed by atoms with E-state index in [1.165, 1.54) is 16.6 Å². The summed E-state index contributed by atoms with van der Waals surface area (Å²) >= 11 is 0. The van der Waals surface area contributed by atoms with Crippen molar-refractivity contribution in [1.29, 1.82) is 0 Å². The number of aromatic nitrogens is 4. The highest BCUT2D eigenvalue weighted by molar-refractivity contribution is 5.77. The Morgan fingerprint density at radius 2 is 2.04 bits per heavy atom. The van der Waals surface area contributed by atoms with E-state index in [1.54, 1.807) is 0 Å². The summed E-state index contributed by atoms with van der Waals surface area (Å²) in [5.74, 6) is 1.83. The highest BCUT2D eigenvalue weighted by Gasteiger charge is 2.26. The van der Waals surface area contributed by atoms with Gasteiger partial charge < -0.3 is 9.09 Å². The van der Waals surface area contributed by atoms with E-state index in [2.05, 4.69) is 50.6 Å². The molecule has 3 aromatic rings. The molecule has 1 aliphatic heterocycles. The second-order valence-corrected chi connectivity index (χ2v) is 6.88. The van der Waals surface area contributed by atoms with E-state index in [1.807, 2.05) is 13.3 Å². The van der Waals surface area contributed by atoms with Crippen LogP contribution in [0, 0.1) is 20.8 Å². The number of hydrogen-bond donors (Lipinski definition) is 0. The zero-order valence-electron chi connectivity index (χ0n) is 14.5. The molecule has 4 rings (SSSR count). The summed E-state index contributed by atoms with van der Waals surface area (Å²) in [5, 5.41) is 3.93. The summed E-state index contributed by atoms with van der Waals surface area (Å²) in [6, 6.07) is 4.40. The zero-order valence-corrected chi connectivity index (χ0v) is 14.5. The molecule has 126 valence electrons.